The third-order valence-corrected chi connectivity index (χ3v) is 4.37. The Morgan fingerprint density at radius 1 is 1.12 bits per heavy atom. The van der Waals surface area contributed by atoms with Crippen LogP contribution in [0.2, 0.25) is 0 Å². The van der Waals surface area contributed by atoms with E-state index in [9.17, 15) is 9.59 Å². The van der Waals surface area contributed by atoms with Crippen molar-refractivity contribution in [3.05, 3.63) is 71.8 Å². The van der Waals surface area contributed by atoms with Crippen LogP contribution in [0.15, 0.2) is 60.7 Å². The highest BCUT2D eigenvalue weighted by Gasteiger charge is 2.32. The van der Waals surface area contributed by atoms with Gasteiger partial charge in [-0.2, -0.15) is 0 Å². The van der Waals surface area contributed by atoms with Gasteiger partial charge in [0.25, 0.3) is 0 Å². The standard InChI is InChI=1S/C21H21NO4/c23-20(22-14-4-7-19(22)21(24)25)13-10-16-8-11-18(12-9-16)26-15-17-5-2-1-3-6-17/h1-3,5-6,8-13,19H,4,7,14-15H2,(H,24,25)/b13-10+. The van der Waals surface area contributed by atoms with Crippen LogP contribution in [0, 0.1) is 0 Å². The van der Waals surface area contributed by atoms with E-state index in [-0.39, 0.29) is 5.91 Å². The van der Waals surface area contributed by atoms with Crippen molar-refractivity contribution >= 4 is 18.0 Å². The first-order valence-corrected chi connectivity index (χ1v) is 8.62. The van der Waals surface area contributed by atoms with Gasteiger partial charge in [-0.15, -0.1) is 0 Å². The number of carboxylic acids is 1. The van der Waals surface area contributed by atoms with Crippen molar-refractivity contribution in [3.8, 4) is 5.75 Å². The van der Waals surface area contributed by atoms with E-state index in [0.717, 1.165) is 23.3 Å². The molecule has 1 amide bonds. The molecular formula is C21H21NO4. The maximum Gasteiger partial charge on any atom is 0.326 e. The molecule has 134 valence electrons. The molecule has 1 aliphatic rings. The molecule has 26 heavy (non-hydrogen) atoms. The topological polar surface area (TPSA) is 66.8 Å². The van der Waals surface area contributed by atoms with E-state index >= 15 is 0 Å². The van der Waals surface area contributed by atoms with E-state index in [2.05, 4.69) is 0 Å². The summed E-state index contributed by atoms with van der Waals surface area (Å²) in [6.45, 7) is 0.993. The quantitative estimate of drug-likeness (QED) is 0.811. The third kappa shape index (κ3) is 4.51. The Labute approximate surface area is 152 Å². The number of hydrogen-bond donors (Lipinski definition) is 1. The summed E-state index contributed by atoms with van der Waals surface area (Å²) in [6.07, 6.45) is 4.37. The van der Waals surface area contributed by atoms with Crippen molar-refractivity contribution in [3.63, 3.8) is 0 Å². The van der Waals surface area contributed by atoms with E-state index in [0.29, 0.717) is 19.6 Å². The van der Waals surface area contributed by atoms with E-state index < -0.39 is 12.0 Å². The van der Waals surface area contributed by atoms with Crippen molar-refractivity contribution in [2.45, 2.75) is 25.5 Å². The van der Waals surface area contributed by atoms with Gasteiger partial charge in [0.05, 0.1) is 0 Å². The molecule has 5 heteroatoms. The lowest BCUT2D eigenvalue weighted by Gasteiger charge is -2.19. The molecular weight excluding hydrogens is 330 g/mol. The van der Waals surface area contributed by atoms with Gasteiger partial charge in [-0.25, -0.2) is 4.79 Å². The Morgan fingerprint density at radius 3 is 2.54 bits per heavy atom. The molecule has 3 rings (SSSR count). The summed E-state index contributed by atoms with van der Waals surface area (Å²) in [5.41, 5.74) is 1.96. The largest absolute Gasteiger partial charge is 0.489 e. The maximum absolute atomic E-state index is 12.2. The molecule has 2 aromatic carbocycles. The first-order chi connectivity index (χ1) is 12.6. The number of hydrogen-bond acceptors (Lipinski definition) is 3. The number of ether oxygens (including phenoxy) is 1. The molecule has 1 aliphatic heterocycles. The van der Waals surface area contributed by atoms with Gasteiger partial charge in [-0.05, 0) is 42.2 Å². The molecule has 1 unspecified atom stereocenters. The van der Waals surface area contributed by atoms with Gasteiger partial charge >= 0.3 is 5.97 Å². The summed E-state index contributed by atoms with van der Waals surface area (Å²) in [6, 6.07) is 16.6. The van der Waals surface area contributed by atoms with Gasteiger partial charge in [0.2, 0.25) is 5.91 Å². The first-order valence-electron chi connectivity index (χ1n) is 8.62. The van der Waals surface area contributed by atoms with Gasteiger partial charge in [0.15, 0.2) is 0 Å². The number of carboxylic acid groups (broad SMARTS) is 1. The Bertz CT molecular complexity index is 783. The summed E-state index contributed by atoms with van der Waals surface area (Å²) < 4.78 is 5.73. The van der Waals surface area contributed by atoms with Crippen molar-refractivity contribution in [1.82, 2.24) is 4.90 Å². The molecule has 0 bridgehead atoms. The summed E-state index contributed by atoms with van der Waals surface area (Å²) in [5, 5.41) is 9.15. The minimum absolute atomic E-state index is 0.265. The van der Waals surface area contributed by atoms with Gasteiger partial charge in [-0.3, -0.25) is 4.79 Å². The predicted octanol–water partition coefficient (Wildman–Crippen LogP) is 3.35. The summed E-state index contributed by atoms with van der Waals surface area (Å²) >= 11 is 0. The minimum atomic E-state index is -0.941. The molecule has 5 nitrogen and oxygen atoms in total. The van der Waals surface area contributed by atoms with Crippen LogP contribution in [0.3, 0.4) is 0 Å². The number of aliphatic carboxylic acids is 1. The average Bonchev–Trinajstić information content (AvgIpc) is 3.16. The van der Waals surface area contributed by atoms with E-state index in [1.54, 1.807) is 6.08 Å². The number of likely N-dealkylation sites (tertiary alicyclic amines) is 1. The zero-order valence-corrected chi connectivity index (χ0v) is 14.4. The normalized spacial score (nSPS) is 16.8. The highest BCUT2D eigenvalue weighted by molar-refractivity contribution is 5.94. The average molecular weight is 351 g/mol. The smallest absolute Gasteiger partial charge is 0.326 e. The highest BCUT2D eigenvalue weighted by Crippen LogP contribution is 2.19. The second-order valence-corrected chi connectivity index (χ2v) is 6.20. The van der Waals surface area contributed by atoms with Gasteiger partial charge in [0, 0.05) is 12.6 Å². The van der Waals surface area contributed by atoms with Crippen molar-refractivity contribution < 1.29 is 19.4 Å². The molecule has 0 radical (unpaired) electrons. The Hall–Kier alpha value is -3.08. The number of amides is 1. The van der Waals surface area contributed by atoms with Crippen molar-refractivity contribution in [2.24, 2.45) is 0 Å². The van der Waals surface area contributed by atoms with Crippen LogP contribution < -0.4 is 4.74 Å². The zero-order chi connectivity index (χ0) is 18.4. The fourth-order valence-corrected chi connectivity index (χ4v) is 2.97. The summed E-state index contributed by atoms with van der Waals surface area (Å²) in [4.78, 5) is 24.8. The maximum atomic E-state index is 12.2. The van der Waals surface area contributed by atoms with Crippen LogP contribution in [0.25, 0.3) is 6.08 Å². The molecule has 0 aromatic heterocycles. The van der Waals surface area contributed by atoms with Gasteiger partial charge in [0.1, 0.15) is 18.4 Å². The Morgan fingerprint density at radius 2 is 1.85 bits per heavy atom. The summed E-state index contributed by atoms with van der Waals surface area (Å²) in [5.74, 6) is -0.453. The molecule has 1 heterocycles. The lowest BCUT2D eigenvalue weighted by molar-refractivity contribution is -0.146. The fraction of sp³-hybridized carbons (Fsp3) is 0.238. The Balaban J connectivity index is 1.56. The molecule has 2 aromatic rings. The van der Waals surface area contributed by atoms with Crippen LogP contribution in [0.4, 0.5) is 0 Å². The monoisotopic (exact) mass is 351 g/mol. The first kappa shape index (κ1) is 17.7. The summed E-state index contributed by atoms with van der Waals surface area (Å²) in [7, 11) is 0. The predicted molar refractivity (Wildman–Crippen MR) is 98.6 cm³/mol. The minimum Gasteiger partial charge on any atom is -0.489 e. The zero-order valence-electron chi connectivity index (χ0n) is 14.4. The van der Waals surface area contributed by atoms with E-state index in [4.69, 9.17) is 9.84 Å². The number of carbonyl (C=O) groups excluding carboxylic acids is 1. The van der Waals surface area contributed by atoms with Gasteiger partial charge in [-0.1, -0.05) is 42.5 Å². The van der Waals surface area contributed by atoms with Crippen molar-refractivity contribution in [2.75, 3.05) is 6.54 Å². The number of nitrogens with zero attached hydrogens (tertiary/aromatic N) is 1. The molecule has 0 spiro atoms. The third-order valence-electron chi connectivity index (χ3n) is 4.37. The molecule has 1 atom stereocenters. The molecule has 1 saturated heterocycles. The number of benzene rings is 2. The molecule has 1 N–H and O–H groups in total. The second kappa shape index (κ2) is 8.34. The van der Waals surface area contributed by atoms with Crippen LogP contribution in [0.1, 0.15) is 24.0 Å². The van der Waals surface area contributed by atoms with Crippen LogP contribution in [-0.4, -0.2) is 34.5 Å². The lowest BCUT2D eigenvalue weighted by atomic mass is 10.2. The van der Waals surface area contributed by atoms with Gasteiger partial charge < -0.3 is 14.7 Å². The SMILES string of the molecule is O=C(O)C1CCCN1C(=O)/C=C/c1ccc(OCc2ccccc2)cc1. The molecule has 0 saturated carbocycles. The van der Waals surface area contributed by atoms with Crippen LogP contribution in [0.5, 0.6) is 5.75 Å². The number of carbonyl (C=O) groups is 2. The molecule has 1 fully saturated rings. The second-order valence-electron chi connectivity index (χ2n) is 6.20. The van der Waals surface area contributed by atoms with Crippen LogP contribution in [-0.2, 0) is 16.2 Å². The van der Waals surface area contributed by atoms with Crippen LogP contribution >= 0.6 is 0 Å². The van der Waals surface area contributed by atoms with E-state index in [1.165, 1.54) is 11.0 Å². The Kier molecular flexibility index (Phi) is 5.69. The molecule has 0 aliphatic carbocycles. The van der Waals surface area contributed by atoms with Crippen molar-refractivity contribution in [1.29, 1.82) is 0 Å². The lowest BCUT2D eigenvalue weighted by Crippen LogP contribution is -2.39. The fourth-order valence-electron chi connectivity index (χ4n) is 2.97. The number of rotatable bonds is 6. The van der Waals surface area contributed by atoms with E-state index in [1.807, 2.05) is 54.6 Å². The highest BCUT2D eigenvalue weighted by atomic mass is 16.5.